The van der Waals surface area contributed by atoms with Crippen LogP contribution in [0.2, 0.25) is 0 Å². The van der Waals surface area contributed by atoms with Gasteiger partial charge < -0.3 is 50.1 Å². The van der Waals surface area contributed by atoms with Gasteiger partial charge in [0.25, 0.3) is 0 Å². The first-order chi connectivity index (χ1) is 2.83. The zero-order chi connectivity index (χ0) is 5.41. The summed E-state index contributed by atoms with van der Waals surface area (Å²) in [7, 11) is 0. The van der Waals surface area contributed by atoms with Crippen LogP contribution in [0.25, 0.3) is 0 Å². The van der Waals surface area contributed by atoms with Crippen molar-refractivity contribution in [3.63, 3.8) is 0 Å². The van der Waals surface area contributed by atoms with Crippen LogP contribution in [0.15, 0.2) is 0 Å². The largest absolute Gasteiger partial charge is 1.00 e. The summed E-state index contributed by atoms with van der Waals surface area (Å²) in [6.07, 6.45) is 0. The van der Waals surface area contributed by atoms with Crippen molar-refractivity contribution in [3.05, 3.63) is 0 Å². The van der Waals surface area contributed by atoms with Crippen LogP contribution in [0.1, 0.15) is 13.8 Å². The first kappa shape index (κ1) is 30.6. The van der Waals surface area contributed by atoms with Crippen LogP contribution in [0.3, 0.4) is 0 Å². The maximum atomic E-state index is 4.39. The van der Waals surface area contributed by atoms with Crippen molar-refractivity contribution in [1.29, 1.82) is 0 Å². The van der Waals surface area contributed by atoms with Gasteiger partial charge in [-0.05, 0) is 0 Å². The van der Waals surface area contributed by atoms with Gasteiger partial charge in [-0.2, -0.15) is 11.5 Å². The molecule has 0 aliphatic carbocycles. The fourth-order valence-corrected chi connectivity index (χ4v) is 0. The van der Waals surface area contributed by atoms with E-state index < -0.39 is 0 Å². The molecule has 0 aliphatic heterocycles. The van der Waals surface area contributed by atoms with E-state index in [0.29, 0.717) is 0 Å². The Hall–Kier alpha value is 1.94. The van der Waals surface area contributed by atoms with E-state index in [1.165, 1.54) is 0 Å². The maximum Gasteiger partial charge on any atom is 0 e. The smallest absolute Gasteiger partial charge is 0 e. The van der Waals surface area contributed by atoms with Crippen molar-refractivity contribution < 1.29 is 45.2 Å². The minimum atomic E-state index is 0. The summed E-state index contributed by atoms with van der Waals surface area (Å²) in [5.41, 5.74) is 0. The third kappa shape index (κ3) is 166. The van der Waals surface area contributed by atoms with Crippen LogP contribution in [0.4, 0.5) is 0 Å². The second kappa shape index (κ2) is 51.2. The Bertz CT molecular complexity index is 18.5. The molecule has 0 nitrogen and oxygen atoms in total. The van der Waals surface area contributed by atoms with E-state index in [1.54, 1.807) is 0 Å². The van der Waals surface area contributed by atoms with Gasteiger partial charge in [0.15, 0.2) is 0 Å². The van der Waals surface area contributed by atoms with E-state index in [2.05, 4.69) is 25.3 Å². The fourth-order valence-electron chi connectivity index (χ4n) is 0. The van der Waals surface area contributed by atoms with Gasteiger partial charge >= 0.3 is 0 Å². The molecule has 66 valence electrons. The van der Waals surface area contributed by atoms with Crippen LogP contribution >= 0.6 is 0 Å². The monoisotopic (exact) mass is 298 g/mol. The Morgan fingerprint density at radius 3 is 0.889 bits per heavy atom. The van der Waals surface area contributed by atoms with E-state index in [4.69, 9.17) is 0 Å². The van der Waals surface area contributed by atoms with Crippen LogP contribution in [-0.4, -0.2) is 11.5 Å². The Morgan fingerprint density at radius 1 is 0.889 bits per heavy atom. The first-order valence-electron chi connectivity index (χ1n) is 1.99. The molecule has 0 atom stereocenters. The third-order valence-electron chi connectivity index (χ3n) is 0. The molecule has 0 unspecified atom stereocenters. The van der Waals surface area contributed by atoms with Crippen molar-refractivity contribution in [1.82, 2.24) is 0 Å². The molecule has 0 aromatic heterocycles. The van der Waals surface area contributed by atoms with Gasteiger partial charge in [0.2, 0.25) is 0 Å². The normalized spacial score (nSPS) is 4.00. The molecule has 0 aromatic carbocycles. The molecule has 0 rings (SSSR count). The molecule has 0 spiro atoms. The van der Waals surface area contributed by atoms with Crippen molar-refractivity contribution in [3.8, 4) is 0 Å². The minimum Gasteiger partial charge on any atom is -1.00 e. The predicted octanol–water partition coefficient (Wildman–Crippen LogP) is -4.89. The minimum absolute atomic E-state index is 0. The van der Waals surface area contributed by atoms with Gasteiger partial charge in [-0.3, -0.25) is 0 Å². The molecular formula is C4H10Cl2PdS2-4. The van der Waals surface area contributed by atoms with E-state index in [9.17, 15) is 0 Å². The summed E-state index contributed by atoms with van der Waals surface area (Å²) in [4.78, 5) is 0. The van der Waals surface area contributed by atoms with Crippen LogP contribution < -0.4 is 24.8 Å². The van der Waals surface area contributed by atoms with E-state index in [-0.39, 0.29) is 45.2 Å². The summed E-state index contributed by atoms with van der Waals surface area (Å²) in [6.45, 7) is 3.88. The molecule has 0 bridgehead atoms. The van der Waals surface area contributed by atoms with Crippen LogP contribution in [0, 0.1) is 0 Å². The first-order valence-corrected chi connectivity index (χ1v) is 3.15. The Kier molecular flexibility index (Phi) is 174. The molecular weight excluding hydrogens is 290 g/mol. The van der Waals surface area contributed by atoms with Gasteiger partial charge in [0, 0.05) is 20.4 Å². The average molecular weight is 300 g/mol. The van der Waals surface area contributed by atoms with Crippen molar-refractivity contribution in [2.75, 3.05) is 11.5 Å². The van der Waals surface area contributed by atoms with Gasteiger partial charge in [0.1, 0.15) is 0 Å². The van der Waals surface area contributed by atoms with Gasteiger partial charge in [-0.15, -0.1) is 0 Å². The summed E-state index contributed by atoms with van der Waals surface area (Å²) < 4.78 is 0. The van der Waals surface area contributed by atoms with Gasteiger partial charge in [0.05, 0.1) is 0 Å². The van der Waals surface area contributed by atoms with Gasteiger partial charge in [-0.1, -0.05) is 13.8 Å². The molecule has 0 saturated carbocycles. The molecule has 0 amide bonds. The third-order valence-corrected chi connectivity index (χ3v) is 0. The zero-order valence-electron chi connectivity index (χ0n) is 5.30. The number of rotatable bonds is 0. The van der Waals surface area contributed by atoms with Crippen molar-refractivity contribution in [2.45, 2.75) is 13.8 Å². The second-order valence-electron chi connectivity index (χ2n) is 0.577. The molecule has 9 heavy (non-hydrogen) atoms. The molecule has 0 heterocycles. The van der Waals surface area contributed by atoms with Crippen LogP contribution in [0.5, 0.6) is 0 Å². The summed E-state index contributed by atoms with van der Waals surface area (Å²) in [6, 6.07) is 0. The summed E-state index contributed by atoms with van der Waals surface area (Å²) in [5.74, 6) is 1.67. The Morgan fingerprint density at radius 2 is 0.889 bits per heavy atom. The van der Waals surface area contributed by atoms with Crippen LogP contribution in [-0.2, 0) is 45.7 Å². The standard InChI is InChI=1S/2C2H6S.2ClH.Pd/c2*1-2-3;;;/h2*3H,2H2,1H3;2*1H;/p-4. The predicted molar refractivity (Wildman–Crippen MR) is 35.8 cm³/mol. The molecule has 0 N–H and O–H groups in total. The number of hydrogen-bond acceptors (Lipinski definition) is 2. The second-order valence-corrected chi connectivity index (χ2v) is 1.73. The average Bonchev–Trinajstić information content (AvgIpc) is 1.39. The fraction of sp³-hybridized carbons (Fsp3) is 1.00. The number of halogens is 2. The summed E-state index contributed by atoms with van der Waals surface area (Å²) in [5, 5.41) is 0. The van der Waals surface area contributed by atoms with Crippen molar-refractivity contribution in [2.24, 2.45) is 0 Å². The molecule has 0 radical (unpaired) electrons. The molecule has 5 heteroatoms. The molecule has 0 aliphatic rings. The Labute approximate surface area is 95.2 Å². The number of hydrogen-bond donors (Lipinski definition) is 0. The topological polar surface area (TPSA) is 0 Å². The SMILES string of the molecule is CC[S-].CC[S-].[Cl-].[Cl-].[Pd]. The molecule has 0 aromatic rings. The molecule has 0 fully saturated rings. The quantitative estimate of drug-likeness (QED) is 0.325. The zero-order valence-corrected chi connectivity index (χ0v) is 10.0. The maximum absolute atomic E-state index is 4.39. The summed E-state index contributed by atoms with van der Waals surface area (Å²) >= 11 is 8.79. The van der Waals surface area contributed by atoms with E-state index >= 15 is 0 Å². The Balaban J connectivity index is -0.00000000889. The van der Waals surface area contributed by atoms with Crippen molar-refractivity contribution >= 4 is 25.3 Å². The van der Waals surface area contributed by atoms with E-state index in [1.807, 2.05) is 13.8 Å². The van der Waals surface area contributed by atoms with E-state index in [0.717, 1.165) is 11.5 Å². The van der Waals surface area contributed by atoms with Gasteiger partial charge in [-0.25, -0.2) is 0 Å². The molecule has 0 saturated heterocycles.